The van der Waals surface area contributed by atoms with E-state index in [4.69, 9.17) is 19.7 Å². The van der Waals surface area contributed by atoms with Crippen molar-refractivity contribution < 1.29 is 24.5 Å². The highest BCUT2D eigenvalue weighted by molar-refractivity contribution is 6.14. The summed E-state index contributed by atoms with van der Waals surface area (Å²) >= 11 is 0. The van der Waals surface area contributed by atoms with E-state index in [0.29, 0.717) is 22.6 Å². The summed E-state index contributed by atoms with van der Waals surface area (Å²) in [7, 11) is 0. The topological polar surface area (TPSA) is 99.8 Å². The van der Waals surface area contributed by atoms with Crippen LogP contribution in [0, 0.1) is 11.3 Å². The van der Waals surface area contributed by atoms with Crippen LogP contribution in [0.1, 0.15) is 15.9 Å². The molecule has 2 rings (SSSR count). The smallest absolute Gasteiger partial charge is 0.203 e. The second-order valence-electron chi connectivity index (χ2n) is 5.21. The molecule has 0 saturated carbocycles. The van der Waals surface area contributed by atoms with Gasteiger partial charge in [-0.1, -0.05) is 30.3 Å². The van der Waals surface area contributed by atoms with Gasteiger partial charge in [0, 0.05) is 17.2 Å². The van der Waals surface area contributed by atoms with Gasteiger partial charge in [-0.05, 0) is 18.2 Å². The van der Waals surface area contributed by atoms with E-state index in [1.165, 1.54) is 6.08 Å². The summed E-state index contributed by atoms with van der Waals surface area (Å²) in [5.41, 5.74) is 0.894. The Hall–Kier alpha value is -3.14. The number of carbonyl (C=O) groups is 1. The highest BCUT2D eigenvalue weighted by Crippen LogP contribution is 2.27. The number of hydrogen-bond donors (Lipinski definition) is 2. The zero-order valence-corrected chi connectivity index (χ0v) is 14.1. The predicted octanol–water partition coefficient (Wildman–Crippen LogP) is 2.22. The zero-order chi connectivity index (χ0) is 18.8. The van der Waals surface area contributed by atoms with Gasteiger partial charge in [0.05, 0.1) is 13.2 Å². The van der Waals surface area contributed by atoms with Gasteiger partial charge in [0.25, 0.3) is 0 Å². The molecule has 0 amide bonds. The van der Waals surface area contributed by atoms with Crippen LogP contribution in [0.15, 0.2) is 54.1 Å². The lowest BCUT2D eigenvalue weighted by Crippen LogP contribution is -2.06. The molecule has 2 aromatic carbocycles. The largest absolute Gasteiger partial charge is 0.491 e. The van der Waals surface area contributed by atoms with Crippen LogP contribution < -0.4 is 9.47 Å². The number of aliphatic hydroxyl groups is 2. The fraction of sp³-hybridized carbons (Fsp3) is 0.200. The second-order valence-corrected chi connectivity index (χ2v) is 5.21. The van der Waals surface area contributed by atoms with E-state index < -0.39 is 0 Å². The maximum Gasteiger partial charge on any atom is 0.203 e. The van der Waals surface area contributed by atoms with E-state index in [1.807, 2.05) is 6.07 Å². The third kappa shape index (κ3) is 5.18. The Morgan fingerprint density at radius 2 is 1.73 bits per heavy atom. The molecule has 2 aromatic rings. The van der Waals surface area contributed by atoms with Crippen LogP contribution in [0.2, 0.25) is 0 Å². The molecule has 0 radical (unpaired) electrons. The van der Waals surface area contributed by atoms with Gasteiger partial charge < -0.3 is 19.7 Å². The summed E-state index contributed by atoms with van der Waals surface area (Å²) in [4.78, 5) is 12.5. The first-order valence-electron chi connectivity index (χ1n) is 8.02. The summed E-state index contributed by atoms with van der Waals surface area (Å²) in [6.07, 6.45) is 1.44. The Kier molecular flexibility index (Phi) is 7.37. The molecule has 0 spiro atoms. The number of nitrogens with zero attached hydrogens (tertiary/aromatic N) is 1. The number of Topliss-reactive ketones (excluding diaryl/α,β-unsaturated/α-hetero) is 1. The minimum atomic E-state index is -0.387. The quantitative estimate of drug-likeness (QED) is 0.407. The Balaban J connectivity index is 2.36. The zero-order valence-electron chi connectivity index (χ0n) is 14.1. The van der Waals surface area contributed by atoms with Crippen LogP contribution in [0.4, 0.5) is 0 Å². The lowest BCUT2D eigenvalue weighted by atomic mass is 10.0. The molecule has 26 heavy (non-hydrogen) atoms. The molecule has 0 aromatic heterocycles. The molecule has 6 heteroatoms. The Labute approximate surface area is 151 Å². The summed E-state index contributed by atoms with van der Waals surface area (Å²) < 4.78 is 10.8. The number of carbonyl (C=O) groups excluding carboxylic acids is 1. The average Bonchev–Trinajstić information content (AvgIpc) is 2.69. The van der Waals surface area contributed by atoms with Crippen molar-refractivity contribution in [3.8, 4) is 17.6 Å². The van der Waals surface area contributed by atoms with E-state index in [0.717, 1.165) is 0 Å². The number of aliphatic hydroxyl groups excluding tert-OH is 2. The third-order valence-corrected chi connectivity index (χ3v) is 3.39. The molecule has 0 fully saturated rings. The van der Waals surface area contributed by atoms with Gasteiger partial charge in [0.1, 0.15) is 36.4 Å². The molecule has 6 nitrogen and oxygen atoms in total. The first-order chi connectivity index (χ1) is 12.7. The van der Waals surface area contributed by atoms with Crippen LogP contribution in [-0.4, -0.2) is 42.4 Å². The van der Waals surface area contributed by atoms with Crippen LogP contribution >= 0.6 is 0 Å². The second kappa shape index (κ2) is 9.99. The van der Waals surface area contributed by atoms with Crippen LogP contribution in [-0.2, 0) is 0 Å². The fourth-order valence-corrected chi connectivity index (χ4v) is 2.22. The average molecular weight is 353 g/mol. The minimum absolute atomic E-state index is 0.0333. The normalized spacial score (nSPS) is 10.9. The minimum Gasteiger partial charge on any atom is -0.491 e. The van der Waals surface area contributed by atoms with Gasteiger partial charge in [-0.3, -0.25) is 4.79 Å². The third-order valence-electron chi connectivity index (χ3n) is 3.39. The Morgan fingerprint density at radius 3 is 2.38 bits per heavy atom. The Bertz CT molecular complexity index is 809. The van der Waals surface area contributed by atoms with E-state index in [1.54, 1.807) is 48.5 Å². The molecule has 2 N–H and O–H groups in total. The highest BCUT2D eigenvalue weighted by atomic mass is 16.5. The van der Waals surface area contributed by atoms with Crippen molar-refractivity contribution in [1.29, 1.82) is 5.26 Å². The molecule has 0 aliphatic carbocycles. The monoisotopic (exact) mass is 353 g/mol. The van der Waals surface area contributed by atoms with Gasteiger partial charge in [-0.15, -0.1) is 0 Å². The van der Waals surface area contributed by atoms with E-state index >= 15 is 0 Å². The molecule has 0 bridgehead atoms. The van der Waals surface area contributed by atoms with Crippen molar-refractivity contribution >= 4 is 11.9 Å². The van der Waals surface area contributed by atoms with Crippen LogP contribution in [0.3, 0.4) is 0 Å². The number of rotatable bonds is 9. The summed E-state index contributed by atoms with van der Waals surface area (Å²) in [5.74, 6) is 0.446. The molecule has 134 valence electrons. The number of benzene rings is 2. The molecule has 0 aliphatic rings. The first kappa shape index (κ1) is 19.2. The SMILES string of the molecule is N#C/C(=C/c1ccc(OCCO)cc1OCCO)C(=O)c1ccccc1. The lowest BCUT2D eigenvalue weighted by molar-refractivity contribution is 0.104. The van der Waals surface area contributed by atoms with Crippen LogP contribution in [0.25, 0.3) is 6.08 Å². The van der Waals surface area contributed by atoms with Crippen molar-refractivity contribution in [3.05, 3.63) is 65.2 Å². The molecule has 0 unspecified atom stereocenters. The van der Waals surface area contributed by atoms with Gasteiger partial charge in [0.2, 0.25) is 5.78 Å². The number of ketones is 1. The molecular formula is C20H19NO5. The summed E-state index contributed by atoms with van der Waals surface area (Å²) in [6.45, 7) is -0.124. The van der Waals surface area contributed by atoms with E-state index in [9.17, 15) is 10.1 Å². The number of nitriles is 1. The van der Waals surface area contributed by atoms with E-state index in [-0.39, 0.29) is 37.8 Å². The summed E-state index contributed by atoms with van der Waals surface area (Å²) in [6, 6.07) is 15.3. The number of hydrogen-bond acceptors (Lipinski definition) is 6. The van der Waals surface area contributed by atoms with Gasteiger partial charge in [0.15, 0.2) is 0 Å². The maximum absolute atomic E-state index is 12.5. The lowest BCUT2D eigenvalue weighted by Gasteiger charge is -2.11. The van der Waals surface area contributed by atoms with E-state index in [2.05, 4.69) is 0 Å². The molecule has 0 saturated heterocycles. The van der Waals surface area contributed by atoms with Crippen molar-refractivity contribution in [2.75, 3.05) is 26.4 Å². The van der Waals surface area contributed by atoms with Crippen molar-refractivity contribution in [2.24, 2.45) is 0 Å². The number of ether oxygens (including phenoxy) is 2. The van der Waals surface area contributed by atoms with Crippen molar-refractivity contribution in [2.45, 2.75) is 0 Å². The van der Waals surface area contributed by atoms with Crippen molar-refractivity contribution in [3.63, 3.8) is 0 Å². The molecule has 0 heterocycles. The summed E-state index contributed by atoms with van der Waals surface area (Å²) in [5, 5.41) is 27.2. The first-order valence-corrected chi connectivity index (χ1v) is 8.02. The molecule has 0 atom stereocenters. The van der Waals surface area contributed by atoms with Gasteiger partial charge in [-0.2, -0.15) is 5.26 Å². The van der Waals surface area contributed by atoms with Gasteiger partial charge >= 0.3 is 0 Å². The standard InChI is InChI=1S/C20H19NO5/c21-14-17(20(24)15-4-2-1-3-5-15)12-16-6-7-18(25-10-8-22)13-19(16)26-11-9-23/h1-7,12-13,22-23H,8-11H2/b17-12-. The Morgan fingerprint density at radius 1 is 1.04 bits per heavy atom. The number of allylic oxidation sites excluding steroid dienone is 1. The maximum atomic E-state index is 12.5. The fourth-order valence-electron chi connectivity index (χ4n) is 2.22. The molecule has 0 aliphatic heterocycles. The highest BCUT2D eigenvalue weighted by Gasteiger charge is 2.13. The molecular weight excluding hydrogens is 334 g/mol. The van der Waals surface area contributed by atoms with Gasteiger partial charge in [-0.25, -0.2) is 0 Å². The van der Waals surface area contributed by atoms with Crippen LogP contribution in [0.5, 0.6) is 11.5 Å². The predicted molar refractivity (Wildman–Crippen MR) is 96.0 cm³/mol. The van der Waals surface area contributed by atoms with Crippen molar-refractivity contribution in [1.82, 2.24) is 0 Å².